The molecule has 10 nitrogen and oxygen atoms in total. The largest absolute Gasteiger partial charge is 0.339 e. The number of nitrogens with one attached hydrogen (secondary N) is 1. The van der Waals surface area contributed by atoms with Crippen LogP contribution in [0.5, 0.6) is 0 Å². The predicted molar refractivity (Wildman–Crippen MR) is 102 cm³/mol. The summed E-state index contributed by atoms with van der Waals surface area (Å²) in [5, 5.41) is 2.69. The molecule has 1 N–H and O–H groups in total. The minimum atomic E-state index is -0.540. The molecule has 2 unspecified atom stereocenters. The Hall–Kier alpha value is -2.78. The molecule has 2 aliphatic heterocycles. The van der Waals surface area contributed by atoms with Crippen molar-refractivity contribution in [2.24, 2.45) is 14.1 Å². The lowest BCUT2D eigenvalue weighted by Crippen LogP contribution is -2.47. The fourth-order valence-electron chi connectivity index (χ4n) is 3.92. The topological polar surface area (TPSA) is 99.9 Å². The van der Waals surface area contributed by atoms with Crippen LogP contribution in [0.15, 0.2) is 11.0 Å². The van der Waals surface area contributed by atoms with E-state index in [-0.39, 0.29) is 29.6 Å². The third-order valence-electron chi connectivity index (χ3n) is 5.53. The van der Waals surface area contributed by atoms with E-state index >= 15 is 0 Å². The number of carbonyl (C=O) groups excluding carboxylic acids is 3. The molecule has 2 fully saturated rings. The molecule has 0 radical (unpaired) electrons. The zero-order valence-electron chi connectivity index (χ0n) is 16.8. The van der Waals surface area contributed by atoms with E-state index in [1.54, 1.807) is 37.1 Å². The summed E-state index contributed by atoms with van der Waals surface area (Å²) in [6.45, 7) is 3.87. The molecule has 2 aliphatic rings. The van der Waals surface area contributed by atoms with Crippen LogP contribution < -0.4 is 11.0 Å². The van der Waals surface area contributed by atoms with Crippen LogP contribution in [0.1, 0.15) is 30.3 Å². The van der Waals surface area contributed by atoms with E-state index in [1.807, 2.05) is 6.92 Å². The van der Waals surface area contributed by atoms with Crippen molar-refractivity contribution in [3.63, 3.8) is 0 Å². The van der Waals surface area contributed by atoms with Gasteiger partial charge in [0.25, 0.3) is 5.91 Å². The van der Waals surface area contributed by atoms with Gasteiger partial charge >= 0.3 is 11.7 Å². The standard InChI is InChI=1S/C18H28N6O4/c1-5-7-24(16(26)14-11-21(3)18(28)22(14)4)12-6-8-23(9-12)15(25)13-10-20(2)17(27)19-13/h11-13H,5-10H2,1-4H3,(H,19,27). The van der Waals surface area contributed by atoms with Gasteiger partial charge in [-0.3, -0.25) is 14.2 Å². The van der Waals surface area contributed by atoms with Crippen LogP contribution in [0, 0.1) is 0 Å². The number of hydrogen-bond donors (Lipinski definition) is 1. The molecular formula is C18H28N6O4. The summed E-state index contributed by atoms with van der Waals surface area (Å²) >= 11 is 0. The molecule has 3 heterocycles. The van der Waals surface area contributed by atoms with Crippen molar-refractivity contribution < 1.29 is 14.4 Å². The van der Waals surface area contributed by atoms with Crippen molar-refractivity contribution >= 4 is 17.8 Å². The first-order valence-corrected chi connectivity index (χ1v) is 9.58. The minimum absolute atomic E-state index is 0.110. The molecule has 0 aliphatic carbocycles. The van der Waals surface area contributed by atoms with Crippen molar-refractivity contribution in [2.75, 3.05) is 33.2 Å². The SMILES string of the molecule is CCCN(C(=O)c1cn(C)c(=O)n1C)C1CCN(C(=O)C2CN(C)C(=O)N2)C1. The summed E-state index contributed by atoms with van der Waals surface area (Å²) in [6, 6.07) is -0.898. The number of amides is 4. The van der Waals surface area contributed by atoms with Gasteiger partial charge in [-0.25, -0.2) is 9.59 Å². The maximum atomic E-state index is 13.1. The highest BCUT2D eigenvalue weighted by atomic mass is 16.2. The van der Waals surface area contributed by atoms with Gasteiger partial charge in [-0.15, -0.1) is 0 Å². The monoisotopic (exact) mass is 392 g/mol. The Morgan fingerprint density at radius 1 is 1.21 bits per heavy atom. The maximum absolute atomic E-state index is 13.1. The second-order valence-electron chi connectivity index (χ2n) is 7.57. The smallest absolute Gasteiger partial charge is 0.328 e. The normalized spacial score (nSPS) is 21.9. The summed E-state index contributed by atoms with van der Waals surface area (Å²) in [7, 11) is 4.86. The van der Waals surface area contributed by atoms with Gasteiger partial charge in [0.2, 0.25) is 5.91 Å². The lowest BCUT2D eigenvalue weighted by molar-refractivity contribution is -0.131. The Labute approximate surface area is 163 Å². The van der Waals surface area contributed by atoms with Crippen LogP contribution in [-0.4, -0.2) is 87.0 Å². The molecule has 0 aromatic carbocycles. The average molecular weight is 392 g/mol. The van der Waals surface area contributed by atoms with Gasteiger partial charge in [-0.1, -0.05) is 6.92 Å². The van der Waals surface area contributed by atoms with Crippen LogP contribution in [-0.2, 0) is 18.9 Å². The van der Waals surface area contributed by atoms with Crippen molar-refractivity contribution in [2.45, 2.75) is 31.8 Å². The summed E-state index contributed by atoms with van der Waals surface area (Å²) in [5.41, 5.74) is 0.0968. The molecule has 1 aromatic heterocycles. The number of aryl methyl sites for hydroxylation is 1. The summed E-state index contributed by atoms with van der Waals surface area (Å²) in [4.78, 5) is 54.5. The van der Waals surface area contributed by atoms with Crippen molar-refractivity contribution in [3.8, 4) is 0 Å². The lowest BCUT2D eigenvalue weighted by Gasteiger charge is -2.29. The quantitative estimate of drug-likeness (QED) is 0.709. The van der Waals surface area contributed by atoms with E-state index in [4.69, 9.17) is 0 Å². The fraction of sp³-hybridized carbons (Fsp3) is 0.667. The maximum Gasteiger partial charge on any atom is 0.328 e. The van der Waals surface area contributed by atoms with Gasteiger partial charge < -0.3 is 24.6 Å². The van der Waals surface area contributed by atoms with Crippen molar-refractivity contribution in [3.05, 3.63) is 22.4 Å². The van der Waals surface area contributed by atoms with Crippen LogP contribution >= 0.6 is 0 Å². The number of imidazole rings is 1. The lowest BCUT2D eigenvalue weighted by atomic mass is 10.2. The molecule has 3 rings (SSSR count). The second kappa shape index (κ2) is 7.69. The van der Waals surface area contributed by atoms with Gasteiger partial charge in [0.15, 0.2) is 0 Å². The van der Waals surface area contributed by atoms with Crippen molar-refractivity contribution in [1.82, 2.24) is 29.2 Å². The van der Waals surface area contributed by atoms with Crippen LogP contribution in [0.4, 0.5) is 4.79 Å². The summed E-state index contributed by atoms with van der Waals surface area (Å²) in [6.07, 6.45) is 3.00. The molecule has 2 atom stereocenters. The van der Waals surface area contributed by atoms with Crippen LogP contribution in [0.25, 0.3) is 0 Å². The first kappa shape index (κ1) is 20.0. The average Bonchev–Trinajstić information content (AvgIpc) is 3.34. The molecule has 2 saturated heterocycles. The number of rotatable bonds is 5. The first-order valence-electron chi connectivity index (χ1n) is 9.58. The van der Waals surface area contributed by atoms with E-state index in [9.17, 15) is 19.2 Å². The number of hydrogen-bond acceptors (Lipinski definition) is 4. The van der Waals surface area contributed by atoms with Crippen molar-refractivity contribution in [1.29, 1.82) is 0 Å². The molecule has 0 spiro atoms. The van der Waals surface area contributed by atoms with E-state index < -0.39 is 6.04 Å². The molecule has 10 heteroatoms. The van der Waals surface area contributed by atoms with Gasteiger partial charge in [0.1, 0.15) is 11.7 Å². The molecular weight excluding hydrogens is 364 g/mol. The number of urea groups is 1. The summed E-state index contributed by atoms with van der Waals surface area (Å²) in [5.74, 6) is -0.313. The number of aromatic nitrogens is 2. The van der Waals surface area contributed by atoms with Gasteiger partial charge in [0.05, 0.1) is 12.6 Å². The van der Waals surface area contributed by atoms with E-state index in [1.165, 1.54) is 14.0 Å². The zero-order valence-corrected chi connectivity index (χ0v) is 16.8. The zero-order chi connectivity index (χ0) is 20.6. The summed E-state index contributed by atoms with van der Waals surface area (Å²) < 4.78 is 2.74. The highest BCUT2D eigenvalue weighted by Crippen LogP contribution is 2.20. The first-order chi connectivity index (χ1) is 13.2. The molecule has 0 saturated carbocycles. The second-order valence-corrected chi connectivity index (χ2v) is 7.57. The Balaban J connectivity index is 1.72. The minimum Gasteiger partial charge on any atom is -0.339 e. The van der Waals surface area contributed by atoms with E-state index in [0.717, 1.165) is 6.42 Å². The third-order valence-corrected chi connectivity index (χ3v) is 5.53. The Morgan fingerprint density at radius 2 is 1.93 bits per heavy atom. The Bertz CT molecular complexity index is 844. The van der Waals surface area contributed by atoms with Crippen LogP contribution in [0.2, 0.25) is 0 Å². The highest BCUT2D eigenvalue weighted by molar-refractivity contribution is 5.93. The highest BCUT2D eigenvalue weighted by Gasteiger charge is 2.39. The molecule has 4 amide bonds. The predicted octanol–water partition coefficient (Wildman–Crippen LogP) is -0.799. The van der Waals surface area contributed by atoms with Crippen LogP contribution in [0.3, 0.4) is 0 Å². The molecule has 1 aromatic rings. The van der Waals surface area contributed by atoms with E-state index in [0.29, 0.717) is 38.3 Å². The van der Waals surface area contributed by atoms with Gasteiger partial charge in [-0.05, 0) is 12.8 Å². The van der Waals surface area contributed by atoms with Gasteiger partial charge in [0, 0.05) is 47.0 Å². The number of likely N-dealkylation sites (N-methyl/N-ethyl adjacent to an activating group) is 1. The Kier molecular flexibility index (Phi) is 5.48. The number of likely N-dealkylation sites (tertiary alicyclic amines) is 1. The van der Waals surface area contributed by atoms with E-state index in [2.05, 4.69) is 5.32 Å². The molecule has 28 heavy (non-hydrogen) atoms. The fourth-order valence-corrected chi connectivity index (χ4v) is 3.92. The molecule has 0 bridgehead atoms. The third kappa shape index (κ3) is 3.50. The Morgan fingerprint density at radius 3 is 2.46 bits per heavy atom. The number of carbonyl (C=O) groups is 3. The molecule has 154 valence electrons. The number of nitrogens with zero attached hydrogens (tertiary/aromatic N) is 5. The van der Waals surface area contributed by atoms with Gasteiger partial charge in [-0.2, -0.15) is 0 Å².